The fourth-order valence-electron chi connectivity index (χ4n) is 1.68. The van der Waals surface area contributed by atoms with Gasteiger partial charge in [-0.1, -0.05) is 6.07 Å². The largest absolute Gasteiger partial charge is 0.507 e. The second kappa shape index (κ2) is 8.74. The molecule has 0 atom stereocenters. The molecule has 0 aromatic heterocycles. The van der Waals surface area contributed by atoms with E-state index >= 15 is 0 Å². The first-order valence-corrected chi connectivity index (χ1v) is 6.51. The Kier molecular flexibility index (Phi) is 7.25. The van der Waals surface area contributed by atoms with E-state index in [1.54, 1.807) is 13.2 Å². The minimum atomic E-state index is -0.254. The summed E-state index contributed by atoms with van der Waals surface area (Å²) in [7, 11) is 1.57. The maximum atomic E-state index is 9.81. The smallest absolute Gasteiger partial charge is 0.169 e. The lowest BCUT2D eigenvalue weighted by Gasteiger charge is -2.17. The quantitative estimate of drug-likeness (QED) is 0.670. The molecule has 0 bridgehead atoms. The Morgan fingerprint density at radius 1 is 1.21 bits per heavy atom. The van der Waals surface area contributed by atoms with Crippen LogP contribution in [0.5, 0.6) is 11.5 Å². The van der Waals surface area contributed by atoms with Crippen molar-refractivity contribution in [2.75, 3.05) is 26.9 Å². The van der Waals surface area contributed by atoms with Crippen LogP contribution in [0.25, 0.3) is 0 Å². The van der Waals surface area contributed by atoms with Crippen molar-refractivity contribution in [1.29, 1.82) is 0 Å². The van der Waals surface area contributed by atoms with E-state index in [4.69, 9.17) is 14.2 Å². The van der Waals surface area contributed by atoms with Crippen molar-refractivity contribution < 1.29 is 19.3 Å². The van der Waals surface area contributed by atoms with Crippen LogP contribution in [0, 0.1) is 0 Å². The van der Waals surface area contributed by atoms with Gasteiger partial charge in [-0.2, -0.15) is 0 Å². The lowest BCUT2D eigenvalue weighted by molar-refractivity contribution is -0.133. The molecule has 0 aliphatic heterocycles. The van der Waals surface area contributed by atoms with Crippen LogP contribution in [0.3, 0.4) is 0 Å². The highest BCUT2D eigenvalue weighted by Gasteiger charge is 2.08. The van der Waals surface area contributed by atoms with Crippen LogP contribution in [-0.4, -0.2) is 38.3 Å². The van der Waals surface area contributed by atoms with E-state index in [1.807, 2.05) is 26.0 Å². The van der Waals surface area contributed by atoms with E-state index < -0.39 is 0 Å². The third kappa shape index (κ3) is 5.46. The van der Waals surface area contributed by atoms with Crippen LogP contribution in [0.15, 0.2) is 18.2 Å². The summed E-state index contributed by atoms with van der Waals surface area (Å²) >= 11 is 0. The van der Waals surface area contributed by atoms with Crippen molar-refractivity contribution in [3.05, 3.63) is 23.8 Å². The average molecular weight is 269 g/mol. The van der Waals surface area contributed by atoms with Crippen LogP contribution in [0.1, 0.15) is 19.4 Å². The highest BCUT2D eigenvalue weighted by atomic mass is 16.7. The van der Waals surface area contributed by atoms with E-state index in [-0.39, 0.29) is 12.0 Å². The van der Waals surface area contributed by atoms with Gasteiger partial charge in [0.25, 0.3) is 0 Å². The fraction of sp³-hybridized carbons (Fsp3) is 0.571. The van der Waals surface area contributed by atoms with Crippen molar-refractivity contribution in [2.24, 2.45) is 0 Å². The Labute approximate surface area is 114 Å². The molecule has 2 N–H and O–H groups in total. The molecular formula is C14H23NO4. The summed E-state index contributed by atoms with van der Waals surface area (Å²) in [6.07, 6.45) is -0.254. The molecule has 1 aromatic carbocycles. The van der Waals surface area contributed by atoms with E-state index in [1.165, 1.54) is 0 Å². The SMILES string of the molecule is CCOC(CNCc1ccc(OC)cc1O)OCC. The Bertz CT molecular complexity index is 364. The normalized spacial score (nSPS) is 10.9. The van der Waals surface area contributed by atoms with Crippen molar-refractivity contribution in [2.45, 2.75) is 26.7 Å². The van der Waals surface area contributed by atoms with Gasteiger partial charge >= 0.3 is 0 Å². The third-order valence-corrected chi connectivity index (χ3v) is 2.62. The molecule has 0 fully saturated rings. The summed E-state index contributed by atoms with van der Waals surface area (Å²) in [5.41, 5.74) is 0.813. The Morgan fingerprint density at radius 2 is 1.89 bits per heavy atom. The molecule has 1 aromatic rings. The van der Waals surface area contributed by atoms with Gasteiger partial charge in [0.1, 0.15) is 11.5 Å². The summed E-state index contributed by atoms with van der Waals surface area (Å²) in [6, 6.07) is 5.25. The van der Waals surface area contributed by atoms with Gasteiger partial charge in [-0.3, -0.25) is 0 Å². The molecule has 0 unspecified atom stereocenters. The van der Waals surface area contributed by atoms with Crippen molar-refractivity contribution in [3.8, 4) is 11.5 Å². The Hall–Kier alpha value is -1.30. The van der Waals surface area contributed by atoms with Crippen LogP contribution in [0.2, 0.25) is 0 Å². The first-order valence-electron chi connectivity index (χ1n) is 6.51. The van der Waals surface area contributed by atoms with E-state index in [9.17, 15) is 5.11 Å². The summed E-state index contributed by atoms with van der Waals surface area (Å²) in [5.74, 6) is 0.860. The number of ether oxygens (including phenoxy) is 3. The lowest BCUT2D eigenvalue weighted by atomic mass is 10.2. The van der Waals surface area contributed by atoms with Gasteiger partial charge in [0.15, 0.2) is 6.29 Å². The number of benzene rings is 1. The first-order chi connectivity index (χ1) is 9.21. The number of phenols is 1. The molecule has 5 nitrogen and oxygen atoms in total. The minimum absolute atomic E-state index is 0.219. The highest BCUT2D eigenvalue weighted by molar-refractivity contribution is 5.39. The molecule has 0 amide bonds. The number of hydrogen-bond donors (Lipinski definition) is 2. The van der Waals surface area contributed by atoms with Gasteiger partial charge in [-0.05, 0) is 19.9 Å². The van der Waals surface area contributed by atoms with E-state index in [2.05, 4.69) is 5.32 Å². The zero-order chi connectivity index (χ0) is 14.1. The summed E-state index contributed by atoms with van der Waals surface area (Å²) in [4.78, 5) is 0. The number of phenolic OH excluding ortho intramolecular Hbond substituents is 1. The second-order valence-corrected chi connectivity index (χ2v) is 3.97. The number of aromatic hydroxyl groups is 1. The molecule has 0 heterocycles. The highest BCUT2D eigenvalue weighted by Crippen LogP contribution is 2.23. The van der Waals surface area contributed by atoms with Crippen LogP contribution in [0.4, 0.5) is 0 Å². The average Bonchev–Trinajstić information content (AvgIpc) is 2.41. The first kappa shape index (κ1) is 15.8. The molecule has 0 aliphatic carbocycles. The molecule has 5 heteroatoms. The van der Waals surface area contributed by atoms with E-state index in [0.717, 1.165) is 5.56 Å². The van der Waals surface area contributed by atoms with Gasteiger partial charge in [-0.25, -0.2) is 0 Å². The van der Waals surface area contributed by atoms with Crippen molar-refractivity contribution in [1.82, 2.24) is 5.32 Å². The predicted molar refractivity (Wildman–Crippen MR) is 73.4 cm³/mol. The molecule has 0 saturated heterocycles. The molecule has 0 radical (unpaired) electrons. The lowest BCUT2D eigenvalue weighted by Crippen LogP contribution is -2.31. The zero-order valence-corrected chi connectivity index (χ0v) is 11.8. The van der Waals surface area contributed by atoms with Gasteiger partial charge in [0.05, 0.1) is 7.11 Å². The Balaban J connectivity index is 2.43. The predicted octanol–water partition coefficient (Wildman–Crippen LogP) is 1.89. The maximum Gasteiger partial charge on any atom is 0.169 e. The van der Waals surface area contributed by atoms with Crippen molar-refractivity contribution in [3.63, 3.8) is 0 Å². The molecule has 108 valence electrons. The van der Waals surface area contributed by atoms with Crippen LogP contribution < -0.4 is 10.1 Å². The van der Waals surface area contributed by atoms with Crippen LogP contribution >= 0.6 is 0 Å². The molecule has 0 spiro atoms. The third-order valence-electron chi connectivity index (χ3n) is 2.62. The summed E-state index contributed by atoms with van der Waals surface area (Å²) in [5, 5.41) is 13.0. The molecule has 0 aliphatic rings. The molecular weight excluding hydrogens is 246 g/mol. The standard InChI is InChI=1S/C14H23NO4/c1-4-18-14(19-5-2)10-15-9-11-6-7-12(17-3)8-13(11)16/h6-8,14-16H,4-5,9-10H2,1-3H3. The van der Waals surface area contributed by atoms with Crippen molar-refractivity contribution >= 4 is 0 Å². The summed E-state index contributed by atoms with van der Waals surface area (Å²) < 4.78 is 15.9. The minimum Gasteiger partial charge on any atom is -0.507 e. The topological polar surface area (TPSA) is 60.0 Å². The number of hydrogen-bond acceptors (Lipinski definition) is 5. The molecule has 1 rings (SSSR count). The molecule has 19 heavy (non-hydrogen) atoms. The van der Waals surface area contributed by atoms with Gasteiger partial charge in [0.2, 0.25) is 0 Å². The second-order valence-electron chi connectivity index (χ2n) is 3.97. The van der Waals surface area contributed by atoms with Gasteiger partial charge in [0, 0.05) is 37.9 Å². The Morgan fingerprint density at radius 3 is 2.42 bits per heavy atom. The maximum absolute atomic E-state index is 9.81. The summed E-state index contributed by atoms with van der Waals surface area (Å²) in [6.45, 7) is 6.21. The zero-order valence-electron chi connectivity index (χ0n) is 11.8. The molecule has 0 saturated carbocycles. The number of nitrogens with one attached hydrogen (secondary N) is 1. The van der Waals surface area contributed by atoms with Gasteiger partial charge in [-0.15, -0.1) is 0 Å². The van der Waals surface area contributed by atoms with Gasteiger partial charge < -0.3 is 24.6 Å². The monoisotopic (exact) mass is 269 g/mol. The van der Waals surface area contributed by atoms with E-state index in [0.29, 0.717) is 32.1 Å². The number of rotatable bonds is 9. The fourth-order valence-corrected chi connectivity index (χ4v) is 1.68. The number of methoxy groups -OCH3 is 1. The van der Waals surface area contributed by atoms with Crippen LogP contribution in [-0.2, 0) is 16.0 Å².